The smallest absolute Gasteiger partial charge is 0.200 e. The van der Waals surface area contributed by atoms with E-state index in [0.717, 1.165) is 0 Å². The van der Waals surface area contributed by atoms with E-state index in [1.54, 1.807) is 0 Å². The number of hydrogen-bond donors (Lipinski definition) is 0. The third kappa shape index (κ3) is 1.76. The average Bonchev–Trinajstić information content (AvgIpc) is 2.51. The lowest BCUT2D eigenvalue weighted by Gasteiger charge is -2.19. The van der Waals surface area contributed by atoms with Gasteiger partial charge in [-0.3, -0.25) is 9.59 Å². The number of fused-ring (bicyclic) bond motifs is 2. The molecule has 0 saturated carbocycles. The Morgan fingerprint density at radius 1 is 0.522 bits per heavy atom. The van der Waals surface area contributed by atoms with Crippen molar-refractivity contribution < 1.29 is 40.3 Å². The predicted molar refractivity (Wildman–Crippen MR) is 59.5 cm³/mol. The van der Waals surface area contributed by atoms with Crippen LogP contribution in [0.4, 0.5) is 30.7 Å². The van der Waals surface area contributed by atoms with Crippen molar-refractivity contribution in [2.45, 2.75) is 0 Å². The fourth-order valence-corrected chi connectivity index (χ4v) is 2.31. The predicted octanol–water partition coefficient (Wildman–Crippen LogP) is 3.44. The molecule has 3 rings (SSSR count). The summed E-state index contributed by atoms with van der Waals surface area (Å²) in [6.07, 6.45) is 0. The second-order valence-electron chi connectivity index (χ2n) is 4.57. The topological polar surface area (TPSA) is 34.1 Å². The Hall–Kier alpha value is -2.71. The molecule has 0 heterocycles. The van der Waals surface area contributed by atoms with Crippen LogP contribution in [0.3, 0.4) is 0 Å². The van der Waals surface area contributed by atoms with Gasteiger partial charge in [0.1, 0.15) is 0 Å². The van der Waals surface area contributed by atoms with Crippen molar-refractivity contribution in [2.75, 3.05) is 0 Å². The molecular weight excluding hydrogens is 333 g/mol. The molecule has 0 unspecified atom stereocenters. The van der Waals surface area contributed by atoms with Crippen LogP contribution < -0.4 is 0 Å². The third-order valence-corrected chi connectivity index (χ3v) is 3.36. The zero-order valence-electron chi connectivity index (χ0n) is 10.5. The van der Waals surface area contributed by atoms with Crippen LogP contribution in [-0.4, -0.2) is 11.6 Å². The van der Waals surface area contributed by atoms with Gasteiger partial charge in [0.25, 0.3) is 0 Å². The lowest BCUT2D eigenvalue weighted by Crippen LogP contribution is -2.28. The monoisotopic (exact) mass is 334 g/mol. The second kappa shape index (κ2) is 4.64. The van der Waals surface area contributed by atoms with E-state index in [0.29, 0.717) is 0 Å². The molecule has 0 N–H and O–H groups in total. The maximum absolute atomic E-state index is 13.7. The molecule has 1 aliphatic carbocycles. The summed E-state index contributed by atoms with van der Waals surface area (Å²) in [5.41, 5.74) is -5.60. The lowest BCUT2D eigenvalue weighted by atomic mass is 9.82. The maximum Gasteiger partial charge on any atom is 0.200 e. The van der Waals surface area contributed by atoms with E-state index < -0.39 is 74.5 Å². The fraction of sp³-hybridized carbons (Fsp3) is 0. The molecule has 0 bridgehead atoms. The Kier molecular flexibility index (Phi) is 3.07. The van der Waals surface area contributed by atoms with Gasteiger partial charge in [-0.15, -0.1) is 0 Å². The van der Waals surface area contributed by atoms with Crippen molar-refractivity contribution in [1.29, 1.82) is 0 Å². The van der Waals surface area contributed by atoms with Gasteiger partial charge in [0.05, 0.1) is 16.7 Å². The number of carbonyl (C=O) groups is 2. The molecule has 0 amide bonds. The number of carbonyl (C=O) groups excluding carboxylic acids is 2. The molecule has 23 heavy (non-hydrogen) atoms. The number of halogens is 7. The minimum absolute atomic E-state index is 0.0928. The van der Waals surface area contributed by atoms with Crippen molar-refractivity contribution in [3.8, 4) is 0 Å². The zero-order chi connectivity index (χ0) is 17.2. The van der Waals surface area contributed by atoms with Gasteiger partial charge in [0.2, 0.25) is 5.78 Å². The Labute approximate surface area is 122 Å². The van der Waals surface area contributed by atoms with Crippen LogP contribution in [0.15, 0.2) is 6.07 Å². The summed E-state index contributed by atoms with van der Waals surface area (Å²) in [6, 6.07) is 0.0928. The van der Waals surface area contributed by atoms with Gasteiger partial charge in [-0.1, -0.05) is 0 Å². The molecule has 0 fully saturated rings. The normalized spacial score (nSPS) is 13.2. The molecule has 0 spiro atoms. The summed E-state index contributed by atoms with van der Waals surface area (Å²) >= 11 is 0. The van der Waals surface area contributed by atoms with Crippen LogP contribution in [0.2, 0.25) is 0 Å². The van der Waals surface area contributed by atoms with Crippen molar-refractivity contribution >= 4 is 11.6 Å². The number of ketones is 2. The van der Waals surface area contributed by atoms with Crippen molar-refractivity contribution in [2.24, 2.45) is 0 Å². The first-order valence-corrected chi connectivity index (χ1v) is 5.81. The molecule has 2 aromatic carbocycles. The van der Waals surface area contributed by atoms with Crippen LogP contribution in [0, 0.1) is 40.7 Å². The number of benzene rings is 2. The maximum atomic E-state index is 13.7. The lowest BCUT2D eigenvalue weighted by molar-refractivity contribution is 0.0964. The molecule has 0 atom stereocenters. The molecular formula is C14HF7O2. The summed E-state index contributed by atoms with van der Waals surface area (Å²) in [5, 5.41) is 0. The molecule has 0 saturated heterocycles. The minimum Gasteiger partial charge on any atom is -0.288 e. The quantitative estimate of drug-likeness (QED) is 0.359. The first-order valence-electron chi connectivity index (χ1n) is 5.81. The first kappa shape index (κ1) is 15.2. The van der Waals surface area contributed by atoms with Crippen molar-refractivity contribution in [3.63, 3.8) is 0 Å². The van der Waals surface area contributed by atoms with Gasteiger partial charge >= 0.3 is 0 Å². The molecule has 118 valence electrons. The van der Waals surface area contributed by atoms with E-state index in [9.17, 15) is 40.3 Å². The van der Waals surface area contributed by atoms with Gasteiger partial charge in [-0.25, -0.2) is 30.7 Å². The van der Waals surface area contributed by atoms with Crippen LogP contribution in [0.1, 0.15) is 31.8 Å². The van der Waals surface area contributed by atoms with Gasteiger partial charge in [-0.05, 0) is 6.07 Å². The Morgan fingerprint density at radius 2 is 0.957 bits per heavy atom. The SMILES string of the molecule is O=C1c2cc(F)c(F)c(F)c2C(=O)c2c(F)c(F)c(F)c(F)c21. The van der Waals surface area contributed by atoms with Crippen LogP contribution in [-0.2, 0) is 0 Å². The number of rotatable bonds is 0. The Bertz CT molecular complexity index is 934. The fourth-order valence-electron chi connectivity index (χ4n) is 2.31. The summed E-state index contributed by atoms with van der Waals surface area (Å²) in [4.78, 5) is 24.0. The largest absolute Gasteiger partial charge is 0.288 e. The zero-order valence-corrected chi connectivity index (χ0v) is 10.5. The second-order valence-corrected chi connectivity index (χ2v) is 4.57. The van der Waals surface area contributed by atoms with Crippen molar-refractivity contribution in [1.82, 2.24) is 0 Å². The van der Waals surface area contributed by atoms with Crippen LogP contribution >= 0.6 is 0 Å². The van der Waals surface area contributed by atoms with E-state index in [1.807, 2.05) is 0 Å². The highest BCUT2D eigenvalue weighted by Gasteiger charge is 2.41. The molecule has 1 aliphatic rings. The molecule has 2 nitrogen and oxygen atoms in total. The highest BCUT2D eigenvalue weighted by molar-refractivity contribution is 6.28. The van der Waals surface area contributed by atoms with E-state index >= 15 is 0 Å². The van der Waals surface area contributed by atoms with Gasteiger partial charge < -0.3 is 0 Å². The standard InChI is InChI=1S/C14HF7O2/c15-3-1-2-4(8(17)7(3)16)14(23)6-5(13(2)22)9(18)11(20)12(21)10(6)19/h1H. The summed E-state index contributed by atoms with van der Waals surface area (Å²) in [7, 11) is 0. The number of hydrogen-bond acceptors (Lipinski definition) is 2. The highest BCUT2D eigenvalue weighted by atomic mass is 19.2. The van der Waals surface area contributed by atoms with Gasteiger partial charge in [-0.2, -0.15) is 0 Å². The van der Waals surface area contributed by atoms with Crippen LogP contribution in [0.5, 0.6) is 0 Å². The summed E-state index contributed by atoms with van der Waals surface area (Å²) in [5.74, 6) is -18.8. The first-order chi connectivity index (χ1) is 10.7. The van der Waals surface area contributed by atoms with E-state index in [-0.39, 0.29) is 6.07 Å². The van der Waals surface area contributed by atoms with E-state index in [2.05, 4.69) is 0 Å². The Morgan fingerprint density at radius 3 is 1.48 bits per heavy atom. The average molecular weight is 334 g/mol. The molecule has 9 heteroatoms. The van der Waals surface area contributed by atoms with E-state index in [4.69, 9.17) is 0 Å². The molecule has 2 aromatic rings. The van der Waals surface area contributed by atoms with Gasteiger partial charge in [0.15, 0.2) is 46.5 Å². The Balaban J connectivity index is 2.48. The highest BCUT2D eigenvalue weighted by Crippen LogP contribution is 2.35. The van der Waals surface area contributed by atoms with E-state index in [1.165, 1.54) is 0 Å². The van der Waals surface area contributed by atoms with Crippen molar-refractivity contribution in [3.05, 3.63) is 69.0 Å². The molecule has 0 aromatic heterocycles. The summed E-state index contributed by atoms with van der Waals surface area (Å²) in [6.45, 7) is 0. The van der Waals surface area contributed by atoms with Crippen LogP contribution in [0.25, 0.3) is 0 Å². The summed E-state index contributed by atoms with van der Waals surface area (Å²) < 4.78 is 93.9. The minimum atomic E-state index is -2.39. The molecule has 0 aliphatic heterocycles. The third-order valence-electron chi connectivity index (χ3n) is 3.36. The molecule has 0 radical (unpaired) electrons. The van der Waals surface area contributed by atoms with Gasteiger partial charge in [0, 0.05) is 5.56 Å².